The van der Waals surface area contributed by atoms with Gasteiger partial charge >= 0.3 is 18.0 Å². The smallest absolute Gasteiger partial charge is 0.412 e. The van der Waals surface area contributed by atoms with Crippen LogP contribution in [0.15, 0.2) is 151 Å². The van der Waals surface area contributed by atoms with Gasteiger partial charge in [0.15, 0.2) is 6.10 Å². The van der Waals surface area contributed by atoms with Crippen LogP contribution in [0.1, 0.15) is 30.5 Å². The molecule has 1 amide bonds. The number of esters is 2. The Labute approximate surface area is 382 Å². The number of anilines is 2. The number of ether oxygens (including phenoxy) is 3. The summed E-state index contributed by atoms with van der Waals surface area (Å²) in [6, 6.07) is 39.2. The van der Waals surface area contributed by atoms with Crippen molar-refractivity contribution in [1.82, 2.24) is 19.6 Å². The molecule has 0 spiro atoms. The average molecular weight is 892 g/mol. The molecule has 8 rings (SSSR count). The Morgan fingerprint density at radius 2 is 1.17 bits per heavy atom. The van der Waals surface area contributed by atoms with Gasteiger partial charge in [-0.3, -0.25) is 14.7 Å². The van der Waals surface area contributed by atoms with E-state index in [0.717, 1.165) is 55.0 Å². The quantitative estimate of drug-likeness (QED) is 0.0367. The molecule has 8 aromatic rings. The zero-order valence-corrected chi connectivity index (χ0v) is 37.5. The minimum absolute atomic E-state index is 0.0772. The molecular formula is C51H53N7O8. The first kappa shape index (κ1) is 48.9. The van der Waals surface area contributed by atoms with Gasteiger partial charge in [-0.15, -0.1) is 0 Å². The molecule has 0 fully saturated rings. The molecule has 2 heterocycles. The lowest BCUT2D eigenvalue weighted by Crippen LogP contribution is -2.35. The Morgan fingerprint density at radius 3 is 1.74 bits per heavy atom. The number of nitrogens with one attached hydrogen (secondary N) is 1. The highest BCUT2D eigenvalue weighted by Crippen LogP contribution is 2.30. The fourth-order valence-electron chi connectivity index (χ4n) is 6.64. The van der Waals surface area contributed by atoms with E-state index in [1.165, 1.54) is 14.7 Å². The van der Waals surface area contributed by atoms with Crippen LogP contribution in [0.25, 0.3) is 32.3 Å². The zero-order chi connectivity index (χ0) is 47.4. The number of carbonyl (C=O) groups is 3. The van der Waals surface area contributed by atoms with Crippen molar-refractivity contribution >= 4 is 73.5 Å². The summed E-state index contributed by atoms with van der Waals surface area (Å²) in [6.07, 6.45) is 5.15. The lowest BCUT2D eigenvalue weighted by atomic mass is 10.0. The van der Waals surface area contributed by atoms with Crippen LogP contribution in [0.5, 0.6) is 0 Å². The zero-order valence-electron chi connectivity index (χ0n) is 37.5. The van der Waals surface area contributed by atoms with Crippen molar-refractivity contribution in [3.05, 3.63) is 163 Å². The molecule has 66 heavy (non-hydrogen) atoms. The van der Waals surface area contributed by atoms with Crippen molar-refractivity contribution in [2.75, 3.05) is 24.3 Å². The number of benzene rings is 6. The van der Waals surface area contributed by atoms with E-state index in [-0.39, 0.29) is 26.3 Å². The van der Waals surface area contributed by atoms with Crippen LogP contribution >= 0.6 is 0 Å². The molecule has 0 aliphatic carbocycles. The SMILES string of the molecule is CCOC(=O)C(Cn1cccn1)OC(=O)Nc1c(C)ccc2ccccc12.CCOC(=O)C(O)Cn1cccn1.Cc1ccc2ccccc2c1N.Cc1ccc2ccccc2c1N=C=O. The van der Waals surface area contributed by atoms with Crippen LogP contribution in [0.4, 0.5) is 21.9 Å². The number of aromatic nitrogens is 4. The lowest BCUT2D eigenvalue weighted by molar-refractivity contribution is -0.154. The maximum absolute atomic E-state index is 12.5. The largest absolute Gasteiger partial charge is 0.464 e. The molecule has 0 aliphatic heterocycles. The third-order valence-electron chi connectivity index (χ3n) is 10.0. The van der Waals surface area contributed by atoms with E-state index >= 15 is 0 Å². The summed E-state index contributed by atoms with van der Waals surface area (Å²) in [5.41, 5.74) is 11.2. The molecular weight excluding hydrogens is 839 g/mol. The van der Waals surface area contributed by atoms with E-state index in [0.29, 0.717) is 5.69 Å². The summed E-state index contributed by atoms with van der Waals surface area (Å²) >= 11 is 0. The second-order valence-corrected chi connectivity index (χ2v) is 14.6. The molecule has 2 atom stereocenters. The summed E-state index contributed by atoms with van der Waals surface area (Å²) in [7, 11) is 0. The minimum atomic E-state index is -1.14. The van der Waals surface area contributed by atoms with Crippen LogP contribution in [0.2, 0.25) is 0 Å². The number of hydrogen-bond donors (Lipinski definition) is 3. The highest BCUT2D eigenvalue weighted by Gasteiger charge is 2.26. The molecule has 0 saturated heterocycles. The Kier molecular flexibility index (Phi) is 18.3. The highest BCUT2D eigenvalue weighted by molar-refractivity contribution is 6.02. The number of amides is 1. The number of aliphatic hydroxyl groups is 1. The number of nitrogen functional groups attached to an aromatic ring is 1. The molecule has 15 nitrogen and oxygen atoms in total. The Bertz CT molecular complexity index is 2890. The van der Waals surface area contributed by atoms with Crippen molar-refractivity contribution in [2.45, 2.75) is 59.9 Å². The van der Waals surface area contributed by atoms with Crippen molar-refractivity contribution in [3.8, 4) is 0 Å². The van der Waals surface area contributed by atoms with Gasteiger partial charge in [-0.05, 0) is 79.6 Å². The molecule has 0 saturated carbocycles. The first-order chi connectivity index (χ1) is 31.9. The highest BCUT2D eigenvalue weighted by atomic mass is 16.6. The number of isocyanates is 1. The molecule has 340 valence electrons. The molecule has 6 aromatic carbocycles. The van der Waals surface area contributed by atoms with Gasteiger partial charge in [0.1, 0.15) is 0 Å². The van der Waals surface area contributed by atoms with Gasteiger partial charge in [0, 0.05) is 46.6 Å². The van der Waals surface area contributed by atoms with Crippen LogP contribution < -0.4 is 11.1 Å². The number of fused-ring (bicyclic) bond motifs is 3. The fourth-order valence-corrected chi connectivity index (χ4v) is 6.64. The first-order valence-electron chi connectivity index (χ1n) is 21.2. The molecule has 0 aliphatic rings. The number of nitrogens with zero attached hydrogens (tertiary/aromatic N) is 5. The summed E-state index contributed by atoms with van der Waals surface area (Å²) in [5, 5.41) is 26.3. The Morgan fingerprint density at radius 1 is 0.667 bits per heavy atom. The van der Waals surface area contributed by atoms with Gasteiger partial charge in [0.05, 0.1) is 37.7 Å². The third-order valence-corrected chi connectivity index (χ3v) is 10.0. The van der Waals surface area contributed by atoms with Crippen molar-refractivity contribution in [1.29, 1.82) is 0 Å². The fraction of sp³-hybridized carbons (Fsp3) is 0.216. The van der Waals surface area contributed by atoms with Crippen LogP contribution in [-0.4, -0.2) is 74.2 Å². The van der Waals surface area contributed by atoms with Gasteiger partial charge in [-0.1, -0.05) is 109 Å². The van der Waals surface area contributed by atoms with E-state index in [1.807, 2.05) is 106 Å². The van der Waals surface area contributed by atoms with E-state index < -0.39 is 30.2 Å². The van der Waals surface area contributed by atoms with E-state index in [9.17, 15) is 24.3 Å². The summed E-state index contributed by atoms with van der Waals surface area (Å²) in [6.45, 7) is 9.93. The van der Waals surface area contributed by atoms with Gasteiger partial charge in [-0.2, -0.15) is 15.2 Å². The standard InChI is InChI=1S/C20H21N3O4.C12H9NO.C11H11N.C8H12N2O3/c1-3-26-19(24)17(13-23-12-6-11-21-23)27-20(25)22-18-14(2)9-10-15-7-4-5-8-16(15)18;1-9-6-7-10-4-2-3-5-11(10)12(9)13-8-14;1-8-6-7-9-4-2-3-5-10(9)11(8)12;1-2-13-8(12)7(11)6-10-5-3-4-9-10/h4-12,17H,3,13H2,1-2H3,(H,22,25);2-7H,1H3;2-7H,12H2,1H3;3-5,7,11H,2,6H2,1H3. The third kappa shape index (κ3) is 13.7. The van der Waals surface area contributed by atoms with E-state index in [2.05, 4.69) is 49.5 Å². The number of rotatable bonds is 11. The van der Waals surface area contributed by atoms with Crippen molar-refractivity contribution in [2.24, 2.45) is 4.99 Å². The predicted molar refractivity (Wildman–Crippen MR) is 256 cm³/mol. The number of hydrogen-bond acceptors (Lipinski definition) is 12. The number of nitrogens with two attached hydrogens (primary N) is 1. The minimum Gasteiger partial charge on any atom is -0.464 e. The summed E-state index contributed by atoms with van der Waals surface area (Å²) in [5.74, 6) is -1.23. The molecule has 0 bridgehead atoms. The van der Waals surface area contributed by atoms with Gasteiger partial charge in [0.2, 0.25) is 12.2 Å². The Hall–Kier alpha value is -8.13. The second kappa shape index (κ2) is 24.6. The normalized spacial score (nSPS) is 11.2. The van der Waals surface area contributed by atoms with Crippen LogP contribution in [0, 0.1) is 20.8 Å². The maximum Gasteiger partial charge on any atom is 0.412 e. The molecule has 2 aromatic heterocycles. The van der Waals surface area contributed by atoms with Crippen molar-refractivity contribution in [3.63, 3.8) is 0 Å². The van der Waals surface area contributed by atoms with Gasteiger partial charge in [-0.25, -0.2) is 19.2 Å². The molecule has 4 N–H and O–H groups in total. The predicted octanol–water partition coefficient (Wildman–Crippen LogP) is 9.18. The Balaban J connectivity index is 0.000000177. The topological polar surface area (TPSA) is 202 Å². The molecule has 2 unspecified atom stereocenters. The van der Waals surface area contributed by atoms with Crippen LogP contribution in [-0.2, 0) is 41.7 Å². The molecule has 0 radical (unpaired) electrons. The number of aryl methyl sites for hydroxylation is 3. The maximum atomic E-state index is 12.5. The van der Waals surface area contributed by atoms with Crippen LogP contribution in [0.3, 0.4) is 0 Å². The van der Waals surface area contributed by atoms with Crippen molar-refractivity contribution < 1.29 is 38.5 Å². The molecule has 15 heteroatoms. The second-order valence-electron chi connectivity index (χ2n) is 14.6. The first-order valence-corrected chi connectivity index (χ1v) is 21.2. The number of carbonyl (C=O) groups excluding carboxylic acids is 4. The number of aliphatic hydroxyl groups excluding tert-OH is 1. The number of aliphatic imine (C=N–C) groups is 1. The lowest BCUT2D eigenvalue weighted by Gasteiger charge is -2.18. The monoisotopic (exact) mass is 891 g/mol. The average Bonchev–Trinajstić information content (AvgIpc) is 4.05. The van der Waals surface area contributed by atoms with Gasteiger partial charge in [0.25, 0.3) is 0 Å². The van der Waals surface area contributed by atoms with E-state index in [1.54, 1.807) is 56.8 Å². The van der Waals surface area contributed by atoms with Gasteiger partial charge < -0.3 is 25.1 Å². The van der Waals surface area contributed by atoms with E-state index in [4.69, 9.17) is 15.2 Å². The summed E-state index contributed by atoms with van der Waals surface area (Å²) < 4.78 is 18.0. The summed E-state index contributed by atoms with van der Waals surface area (Å²) in [4.78, 5) is 49.6.